The molecule has 0 unspecified atom stereocenters. The number of rotatable bonds is 6. The van der Waals surface area contributed by atoms with E-state index in [1.165, 1.54) is 38.7 Å². The number of ether oxygens (including phenoxy) is 1. The number of nitrogens with one attached hydrogen (secondary N) is 1. The lowest BCUT2D eigenvalue weighted by atomic mass is 10.1. The Balaban J connectivity index is 1.73. The highest BCUT2D eigenvalue weighted by Crippen LogP contribution is 2.11. The van der Waals surface area contributed by atoms with Gasteiger partial charge in [0.05, 0.1) is 6.61 Å². The number of piperidine rings is 1. The third-order valence-electron chi connectivity index (χ3n) is 3.12. The summed E-state index contributed by atoms with van der Waals surface area (Å²) < 4.78 is 5.34. The van der Waals surface area contributed by atoms with Crippen molar-refractivity contribution >= 4 is 5.82 Å². The fraction of sp³-hybridized carbons (Fsp3) is 0.692. The molecule has 1 N–H and O–H groups in total. The minimum absolute atomic E-state index is 0.629. The molecule has 1 aliphatic rings. The Hall–Kier alpha value is -1.36. The van der Waals surface area contributed by atoms with Crippen molar-refractivity contribution in [3.8, 4) is 5.88 Å². The lowest BCUT2D eigenvalue weighted by Gasteiger charge is -2.26. The maximum absolute atomic E-state index is 5.34. The summed E-state index contributed by atoms with van der Waals surface area (Å²) in [4.78, 5) is 10.7. The molecule has 0 aliphatic carbocycles. The van der Waals surface area contributed by atoms with Gasteiger partial charge in [0.2, 0.25) is 5.88 Å². The molecule has 18 heavy (non-hydrogen) atoms. The second-order valence-corrected chi connectivity index (χ2v) is 4.50. The molecule has 0 aromatic carbocycles. The standard InChI is InChI=1S/C13H22N4O/c1-2-18-13-10-12(15-11-16-13)14-6-9-17-7-4-3-5-8-17/h10-11H,2-9H2,1H3,(H,14,15,16). The van der Waals surface area contributed by atoms with Crippen LogP contribution >= 0.6 is 0 Å². The van der Waals surface area contributed by atoms with E-state index >= 15 is 0 Å². The molecule has 1 fully saturated rings. The van der Waals surface area contributed by atoms with Crippen LogP contribution in [0.15, 0.2) is 12.4 Å². The highest BCUT2D eigenvalue weighted by Gasteiger charge is 2.09. The van der Waals surface area contributed by atoms with Crippen LogP contribution in [-0.4, -0.2) is 47.7 Å². The zero-order chi connectivity index (χ0) is 12.6. The first-order valence-corrected chi connectivity index (χ1v) is 6.79. The van der Waals surface area contributed by atoms with E-state index in [-0.39, 0.29) is 0 Å². The Kier molecular flexibility index (Phi) is 5.20. The number of hydrogen-bond donors (Lipinski definition) is 1. The molecule has 0 amide bonds. The first kappa shape index (κ1) is 13.1. The van der Waals surface area contributed by atoms with Gasteiger partial charge in [-0.3, -0.25) is 0 Å². The van der Waals surface area contributed by atoms with Gasteiger partial charge in [0.15, 0.2) is 0 Å². The van der Waals surface area contributed by atoms with Crippen LogP contribution in [0.3, 0.4) is 0 Å². The largest absolute Gasteiger partial charge is 0.478 e. The van der Waals surface area contributed by atoms with Gasteiger partial charge in [-0.25, -0.2) is 9.97 Å². The average Bonchev–Trinajstić information content (AvgIpc) is 2.41. The van der Waals surface area contributed by atoms with Crippen LogP contribution in [0.4, 0.5) is 5.82 Å². The molecule has 100 valence electrons. The minimum Gasteiger partial charge on any atom is -0.478 e. The molecule has 5 nitrogen and oxygen atoms in total. The van der Waals surface area contributed by atoms with E-state index in [2.05, 4.69) is 20.2 Å². The summed E-state index contributed by atoms with van der Waals surface area (Å²) in [6.07, 6.45) is 5.59. The molecule has 0 spiro atoms. The topological polar surface area (TPSA) is 50.3 Å². The van der Waals surface area contributed by atoms with Gasteiger partial charge >= 0.3 is 0 Å². The predicted molar refractivity (Wildman–Crippen MR) is 72.0 cm³/mol. The number of aromatic nitrogens is 2. The van der Waals surface area contributed by atoms with Gasteiger partial charge in [-0.2, -0.15) is 0 Å². The predicted octanol–water partition coefficient (Wildman–Crippen LogP) is 1.77. The van der Waals surface area contributed by atoms with Crippen molar-refractivity contribution in [3.63, 3.8) is 0 Å². The summed E-state index contributed by atoms with van der Waals surface area (Å²) in [6.45, 7) is 7.04. The van der Waals surface area contributed by atoms with Gasteiger partial charge in [0, 0.05) is 19.2 Å². The summed E-state index contributed by atoms with van der Waals surface area (Å²) in [6, 6.07) is 1.85. The van der Waals surface area contributed by atoms with E-state index in [0.717, 1.165) is 18.9 Å². The number of nitrogens with zero attached hydrogens (tertiary/aromatic N) is 3. The fourth-order valence-corrected chi connectivity index (χ4v) is 2.19. The summed E-state index contributed by atoms with van der Waals surface area (Å²) >= 11 is 0. The molecule has 5 heteroatoms. The highest BCUT2D eigenvalue weighted by atomic mass is 16.5. The molecule has 1 aromatic heterocycles. The van der Waals surface area contributed by atoms with Crippen molar-refractivity contribution in [1.29, 1.82) is 0 Å². The van der Waals surface area contributed by atoms with Crippen molar-refractivity contribution in [2.75, 3.05) is 38.1 Å². The van der Waals surface area contributed by atoms with Crippen molar-refractivity contribution < 1.29 is 4.74 Å². The summed E-state index contributed by atoms with van der Waals surface area (Å²) in [7, 11) is 0. The van der Waals surface area contributed by atoms with E-state index in [1.54, 1.807) is 0 Å². The smallest absolute Gasteiger partial charge is 0.218 e. The number of hydrogen-bond acceptors (Lipinski definition) is 5. The Morgan fingerprint density at radius 1 is 1.28 bits per heavy atom. The minimum atomic E-state index is 0.629. The summed E-state index contributed by atoms with van der Waals surface area (Å²) in [5.74, 6) is 1.47. The maximum atomic E-state index is 5.34. The molecule has 2 rings (SSSR count). The zero-order valence-corrected chi connectivity index (χ0v) is 11.1. The van der Waals surface area contributed by atoms with E-state index in [4.69, 9.17) is 4.74 Å². The van der Waals surface area contributed by atoms with Crippen molar-refractivity contribution in [1.82, 2.24) is 14.9 Å². The van der Waals surface area contributed by atoms with Gasteiger partial charge in [-0.15, -0.1) is 0 Å². The van der Waals surface area contributed by atoms with Gasteiger partial charge in [0.1, 0.15) is 12.1 Å². The lowest BCUT2D eigenvalue weighted by molar-refractivity contribution is 0.237. The molecular formula is C13H22N4O. The molecule has 1 saturated heterocycles. The van der Waals surface area contributed by atoms with Crippen molar-refractivity contribution in [3.05, 3.63) is 12.4 Å². The van der Waals surface area contributed by atoms with E-state index in [0.29, 0.717) is 12.5 Å². The molecule has 0 saturated carbocycles. The Labute approximate surface area is 109 Å². The average molecular weight is 250 g/mol. The second-order valence-electron chi connectivity index (χ2n) is 4.50. The zero-order valence-electron chi connectivity index (χ0n) is 11.1. The monoisotopic (exact) mass is 250 g/mol. The lowest BCUT2D eigenvalue weighted by Crippen LogP contribution is -2.33. The van der Waals surface area contributed by atoms with Gasteiger partial charge in [-0.05, 0) is 32.9 Å². The Morgan fingerprint density at radius 2 is 2.11 bits per heavy atom. The molecule has 1 aliphatic heterocycles. The van der Waals surface area contributed by atoms with Crippen LogP contribution in [0.1, 0.15) is 26.2 Å². The molecule has 0 bridgehead atoms. The van der Waals surface area contributed by atoms with Crippen LogP contribution in [-0.2, 0) is 0 Å². The van der Waals surface area contributed by atoms with Crippen molar-refractivity contribution in [2.24, 2.45) is 0 Å². The Bertz CT molecular complexity index is 353. The summed E-state index contributed by atoms with van der Waals surface area (Å²) in [5.41, 5.74) is 0. The maximum Gasteiger partial charge on any atom is 0.218 e. The van der Waals surface area contributed by atoms with Crippen molar-refractivity contribution in [2.45, 2.75) is 26.2 Å². The molecule has 0 radical (unpaired) electrons. The molecular weight excluding hydrogens is 228 g/mol. The molecule has 0 atom stereocenters. The van der Waals surface area contributed by atoms with Crippen LogP contribution < -0.4 is 10.1 Å². The third-order valence-corrected chi connectivity index (χ3v) is 3.12. The van der Waals surface area contributed by atoms with Gasteiger partial charge in [0.25, 0.3) is 0 Å². The normalized spacial score (nSPS) is 16.5. The van der Waals surface area contributed by atoms with Crippen LogP contribution in [0, 0.1) is 0 Å². The fourth-order valence-electron chi connectivity index (χ4n) is 2.19. The quantitative estimate of drug-likeness (QED) is 0.834. The van der Waals surface area contributed by atoms with Crippen LogP contribution in [0.5, 0.6) is 5.88 Å². The third kappa shape index (κ3) is 4.14. The summed E-state index contributed by atoms with van der Waals surface area (Å²) in [5, 5.41) is 3.32. The van der Waals surface area contributed by atoms with Gasteiger partial charge in [-0.1, -0.05) is 6.42 Å². The number of anilines is 1. The SMILES string of the molecule is CCOc1cc(NCCN2CCCCC2)ncn1. The first-order valence-electron chi connectivity index (χ1n) is 6.79. The second kappa shape index (κ2) is 7.16. The first-order chi connectivity index (χ1) is 8.88. The van der Waals surface area contributed by atoms with E-state index < -0.39 is 0 Å². The van der Waals surface area contributed by atoms with E-state index in [1.807, 2.05) is 13.0 Å². The van der Waals surface area contributed by atoms with Gasteiger partial charge < -0.3 is 15.0 Å². The highest BCUT2D eigenvalue weighted by molar-refractivity contribution is 5.36. The number of likely N-dealkylation sites (tertiary alicyclic amines) is 1. The van der Waals surface area contributed by atoms with E-state index in [9.17, 15) is 0 Å². The van der Waals surface area contributed by atoms with Crippen LogP contribution in [0.25, 0.3) is 0 Å². The molecule has 2 heterocycles. The Morgan fingerprint density at radius 3 is 2.89 bits per heavy atom. The molecule has 1 aromatic rings. The van der Waals surface area contributed by atoms with Crippen LogP contribution in [0.2, 0.25) is 0 Å².